The van der Waals surface area contributed by atoms with Crippen molar-refractivity contribution in [2.24, 2.45) is 0 Å². The summed E-state index contributed by atoms with van der Waals surface area (Å²) in [6.45, 7) is 2.49. The van der Waals surface area contributed by atoms with Gasteiger partial charge in [0.15, 0.2) is 0 Å². The summed E-state index contributed by atoms with van der Waals surface area (Å²) >= 11 is 0. The van der Waals surface area contributed by atoms with E-state index >= 15 is 0 Å². The van der Waals surface area contributed by atoms with Crippen molar-refractivity contribution < 1.29 is 57.0 Å². The third-order valence-electron chi connectivity index (χ3n) is 6.93. The van der Waals surface area contributed by atoms with Gasteiger partial charge in [0.2, 0.25) is 11.8 Å². The Hall–Kier alpha value is -3.40. The number of nitrogens with zero attached hydrogens (tertiary/aromatic N) is 3. The number of nitrogens with one attached hydrogen (secondary N) is 1. The summed E-state index contributed by atoms with van der Waals surface area (Å²) in [7, 11) is 0. The minimum Gasteiger partial charge on any atom is -0.670 e. The Balaban J connectivity index is 0.000000256. The number of carbonyl (C=O) groups excluding carboxylic acids is 2. The maximum absolute atomic E-state index is 13.5. The molecular formula is C30H29F6N4O2W-. The predicted molar refractivity (Wildman–Crippen MR) is 145 cm³/mol. The molecule has 6 nitrogen and oxygen atoms in total. The molecule has 2 amide bonds. The van der Waals surface area contributed by atoms with E-state index in [0.717, 1.165) is 24.2 Å². The van der Waals surface area contributed by atoms with Crippen LogP contribution in [-0.4, -0.2) is 35.3 Å². The number of carbonyl (C=O) groups is 2. The standard InChI is InChI=1S/C20H20F3N2O.C10H9F3N2O.W/c1-2-13-6-3-4-9-17(13)18(24-15-8-5-7-14(21)10-15)19(26)25-16-11-20(22,23)12-16;11-10(12,13)7-3-4-8(14-6-7)15-5-1-2-9(15)16;/h3-10,16,18H,2,11-12H2,1H3,(H,25,26);3-4,6H,1-2,5H2;/q-1;;. The maximum Gasteiger partial charge on any atom is 0.417 e. The number of rotatable bonds is 7. The Kier molecular flexibility index (Phi) is 11.4. The molecule has 1 saturated heterocycles. The second-order valence-electron chi connectivity index (χ2n) is 10.1. The minimum absolute atomic E-state index is 0. The van der Waals surface area contributed by atoms with Gasteiger partial charge < -0.3 is 10.6 Å². The van der Waals surface area contributed by atoms with Crippen LogP contribution in [0.15, 0.2) is 66.9 Å². The molecule has 1 N–H and O–H groups in total. The Morgan fingerprint density at radius 2 is 1.84 bits per heavy atom. The monoisotopic (exact) mass is 775 g/mol. The van der Waals surface area contributed by atoms with E-state index in [4.69, 9.17) is 0 Å². The van der Waals surface area contributed by atoms with Crippen molar-refractivity contribution in [3.8, 4) is 0 Å². The number of hydrogen-bond acceptors (Lipinski definition) is 3. The third-order valence-corrected chi connectivity index (χ3v) is 6.93. The normalized spacial score (nSPS) is 16.7. The minimum atomic E-state index is -4.39. The van der Waals surface area contributed by atoms with Gasteiger partial charge >= 0.3 is 6.18 Å². The molecule has 2 heterocycles. The van der Waals surface area contributed by atoms with Crippen molar-refractivity contribution in [2.45, 2.75) is 63.2 Å². The average Bonchev–Trinajstić information content (AvgIpc) is 3.36. The maximum atomic E-state index is 13.5. The van der Waals surface area contributed by atoms with Crippen LogP contribution in [0.1, 0.15) is 55.3 Å². The summed E-state index contributed by atoms with van der Waals surface area (Å²) in [5.74, 6) is -3.42. The number of amides is 2. The van der Waals surface area contributed by atoms with E-state index < -0.39 is 41.5 Å². The molecule has 1 unspecified atom stereocenters. The molecule has 1 atom stereocenters. The van der Waals surface area contributed by atoms with E-state index in [1.807, 2.05) is 19.1 Å². The first-order chi connectivity index (χ1) is 19.9. The SMILES string of the molecule is CCc1ccccc1C([N-]c1cccc(F)c1)C(=O)NC1CC(F)(F)C1.O=C1CCCN1c1ccc(C(F)(F)F)cn1.[W]. The molecule has 1 aliphatic carbocycles. The summed E-state index contributed by atoms with van der Waals surface area (Å²) in [5, 5.41) is 7.06. The zero-order chi connectivity index (χ0) is 30.5. The van der Waals surface area contributed by atoms with Gasteiger partial charge in [0.1, 0.15) is 11.6 Å². The molecular weight excluding hydrogens is 746 g/mol. The van der Waals surface area contributed by atoms with E-state index in [9.17, 15) is 35.9 Å². The summed E-state index contributed by atoms with van der Waals surface area (Å²) in [5.41, 5.74) is 1.16. The summed E-state index contributed by atoms with van der Waals surface area (Å²) < 4.78 is 76.4. The fourth-order valence-corrected chi connectivity index (χ4v) is 4.74. The van der Waals surface area contributed by atoms with Gasteiger partial charge in [0.25, 0.3) is 5.92 Å². The molecule has 0 radical (unpaired) electrons. The summed E-state index contributed by atoms with van der Waals surface area (Å²) in [6, 6.07) is 13.7. The molecule has 3 aromatic rings. The molecule has 1 aliphatic heterocycles. The molecule has 2 aliphatic rings. The van der Waals surface area contributed by atoms with Crippen LogP contribution in [-0.2, 0) is 43.3 Å². The second-order valence-corrected chi connectivity index (χ2v) is 10.1. The van der Waals surface area contributed by atoms with E-state index in [0.29, 0.717) is 30.6 Å². The number of halogens is 6. The first-order valence-corrected chi connectivity index (χ1v) is 13.4. The van der Waals surface area contributed by atoms with Gasteiger partial charge in [-0.15, -0.1) is 5.69 Å². The van der Waals surface area contributed by atoms with Gasteiger partial charge in [-0.3, -0.25) is 14.5 Å². The number of alkyl halides is 5. The fraction of sp³-hybridized carbons (Fsp3) is 0.367. The van der Waals surface area contributed by atoms with Gasteiger partial charge in [-0.2, -0.15) is 13.2 Å². The van der Waals surface area contributed by atoms with Crippen molar-refractivity contribution >= 4 is 23.3 Å². The third kappa shape index (κ3) is 9.05. The Labute approximate surface area is 259 Å². The van der Waals surface area contributed by atoms with Crippen LogP contribution < -0.4 is 10.2 Å². The molecule has 2 fully saturated rings. The zero-order valence-corrected chi connectivity index (χ0v) is 26.0. The van der Waals surface area contributed by atoms with Crippen LogP contribution in [0.2, 0.25) is 0 Å². The predicted octanol–water partition coefficient (Wildman–Crippen LogP) is 7.27. The van der Waals surface area contributed by atoms with Crippen LogP contribution >= 0.6 is 0 Å². The van der Waals surface area contributed by atoms with Gasteiger partial charge in [-0.25, -0.2) is 18.2 Å². The first kappa shape index (κ1) is 34.1. The van der Waals surface area contributed by atoms with E-state index in [1.165, 1.54) is 29.2 Å². The van der Waals surface area contributed by atoms with E-state index in [1.54, 1.807) is 18.2 Å². The van der Waals surface area contributed by atoms with Gasteiger partial charge in [-0.05, 0) is 48.7 Å². The number of hydrogen-bond donors (Lipinski definition) is 1. The smallest absolute Gasteiger partial charge is 0.417 e. The van der Waals surface area contributed by atoms with Crippen LogP contribution in [0.25, 0.3) is 5.32 Å². The fourth-order valence-electron chi connectivity index (χ4n) is 4.74. The first-order valence-electron chi connectivity index (χ1n) is 13.4. The van der Waals surface area contributed by atoms with Gasteiger partial charge in [0.05, 0.1) is 5.56 Å². The van der Waals surface area contributed by atoms with Crippen molar-refractivity contribution in [3.63, 3.8) is 0 Å². The van der Waals surface area contributed by atoms with Crippen molar-refractivity contribution in [2.75, 3.05) is 11.4 Å². The molecule has 1 aromatic heterocycles. The molecule has 230 valence electrons. The number of pyridine rings is 1. The summed E-state index contributed by atoms with van der Waals surface area (Å²) in [6.07, 6.45) is -2.51. The molecule has 0 bridgehead atoms. The average molecular weight is 775 g/mol. The van der Waals surface area contributed by atoms with Crippen LogP contribution in [0.5, 0.6) is 0 Å². The molecule has 2 aromatic carbocycles. The summed E-state index contributed by atoms with van der Waals surface area (Å²) in [4.78, 5) is 29.2. The number of aromatic nitrogens is 1. The zero-order valence-electron chi connectivity index (χ0n) is 23.1. The Morgan fingerprint density at radius 1 is 1.12 bits per heavy atom. The Bertz CT molecular complexity index is 1400. The molecule has 43 heavy (non-hydrogen) atoms. The second kappa shape index (κ2) is 14.4. The molecule has 5 rings (SSSR count). The molecule has 13 heteroatoms. The van der Waals surface area contributed by atoms with Crippen LogP contribution in [0, 0.1) is 5.82 Å². The quantitative estimate of drug-likeness (QED) is 0.257. The topological polar surface area (TPSA) is 76.4 Å². The van der Waals surface area contributed by atoms with E-state index in [-0.39, 0.29) is 45.6 Å². The molecule has 1 saturated carbocycles. The van der Waals surface area contributed by atoms with Crippen LogP contribution in [0.3, 0.4) is 0 Å². The Morgan fingerprint density at radius 3 is 2.40 bits per heavy atom. The van der Waals surface area contributed by atoms with Crippen molar-refractivity contribution in [1.82, 2.24) is 10.3 Å². The van der Waals surface area contributed by atoms with Crippen LogP contribution in [0.4, 0.5) is 37.8 Å². The largest absolute Gasteiger partial charge is 0.670 e. The van der Waals surface area contributed by atoms with Gasteiger partial charge in [0, 0.05) is 59.1 Å². The van der Waals surface area contributed by atoms with E-state index in [2.05, 4.69) is 15.6 Å². The number of benzene rings is 2. The number of anilines is 1. The molecule has 0 spiro atoms. The van der Waals surface area contributed by atoms with Crippen molar-refractivity contribution in [3.05, 3.63) is 94.7 Å². The van der Waals surface area contributed by atoms with Gasteiger partial charge in [-0.1, -0.05) is 48.9 Å². The van der Waals surface area contributed by atoms with Crippen molar-refractivity contribution in [1.29, 1.82) is 0 Å². The number of aryl methyl sites for hydroxylation is 1.